The van der Waals surface area contributed by atoms with Crippen LogP contribution < -0.4 is 0 Å². The summed E-state index contributed by atoms with van der Waals surface area (Å²) in [6, 6.07) is 13.5. The molecule has 2 aromatic rings. The van der Waals surface area contributed by atoms with Gasteiger partial charge in [0.1, 0.15) is 0 Å². The van der Waals surface area contributed by atoms with Gasteiger partial charge >= 0.3 is 0 Å². The molecule has 0 spiro atoms. The molecule has 1 aromatic heterocycles. The number of nitrogens with zero attached hydrogens (tertiary/aromatic N) is 1. The van der Waals surface area contributed by atoms with E-state index in [-0.39, 0.29) is 0 Å². The predicted molar refractivity (Wildman–Crippen MR) is 65.5 cm³/mol. The second-order valence-electron chi connectivity index (χ2n) is 3.63. The summed E-state index contributed by atoms with van der Waals surface area (Å²) < 4.78 is 12.0. The van der Waals surface area contributed by atoms with Crippen LogP contribution in [0.4, 0.5) is 0 Å². The number of aryl methyl sites for hydroxylation is 1. The molecule has 0 aliphatic heterocycles. The first-order valence-corrected chi connectivity index (χ1v) is 6.42. The fourth-order valence-corrected chi connectivity index (χ4v) is 2.61. The fourth-order valence-electron chi connectivity index (χ4n) is 1.46. The highest BCUT2D eigenvalue weighted by molar-refractivity contribution is 7.84. The Kier molecular flexibility index (Phi) is 3.47. The first-order valence-electron chi connectivity index (χ1n) is 5.10. The molecule has 0 amide bonds. The highest BCUT2D eigenvalue weighted by Gasteiger charge is 2.05. The Morgan fingerprint density at radius 2 is 2.06 bits per heavy atom. The maximum Gasteiger partial charge on any atom is 0.0705 e. The summed E-state index contributed by atoms with van der Waals surface area (Å²) >= 11 is 0. The lowest BCUT2D eigenvalue weighted by atomic mass is 10.2. The molecule has 0 fully saturated rings. The smallest absolute Gasteiger partial charge is 0.0705 e. The van der Waals surface area contributed by atoms with Crippen molar-refractivity contribution in [3.63, 3.8) is 0 Å². The Hall–Kier alpha value is -1.48. The van der Waals surface area contributed by atoms with Crippen LogP contribution in [-0.4, -0.2) is 9.19 Å². The van der Waals surface area contributed by atoms with Crippen LogP contribution in [0, 0.1) is 6.92 Å². The van der Waals surface area contributed by atoms with Gasteiger partial charge in [0.2, 0.25) is 0 Å². The van der Waals surface area contributed by atoms with Gasteiger partial charge in [-0.05, 0) is 36.8 Å². The van der Waals surface area contributed by atoms with Crippen LogP contribution in [0.15, 0.2) is 53.6 Å². The van der Waals surface area contributed by atoms with Crippen molar-refractivity contribution in [2.24, 2.45) is 0 Å². The maximum absolute atomic E-state index is 12.0. The maximum atomic E-state index is 12.0. The molecule has 0 bridgehead atoms. The average molecular weight is 231 g/mol. The normalized spacial score (nSPS) is 12.3. The van der Waals surface area contributed by atoms with Crippen molar-refractivity contribution in [1.29, 1.82) is 0 Å². The van der Waals surface area contributed by atoms with E-state index in [9.17, 15) is 4.21 Å². The molecule has 0 saturated carbocycles. The highest BCUT2D eigenvalue weighted by Crippen LogP contribution is 2.12. The van der Waals surface area contributed by atoms with Crippen LogP contribution in [0.25, 0.3) is 0 Å². The van der Waals surface area contributed by atoms with Gasteiger partial charge in [-0.2, -0.15) is 0 Å². The van der Waals surface area contributed by atoms with Gasteiger partial charge < -0.3 is 0 Å². The summed E-state index contributed by atoms with van der Waals surface area (Å²) in [6.07, 6.45) is 1.72. The lowest BCUT2D eigenvalue weighted by molar-refractivity contribution is 0.682. The summed E-state index contributed by atoms with van der Waals surface area (Å²) in [7, 11) is -1.01. The van der Waals surface area contributed by atoms with E-state index in [1.54, 1.807) is 6.20 Å². The van der Waals surface area contributed by atoms with E-state index in [1.807, 2.05) is 49.4 Å². The van der Waals surface area contributed by atoms with Gasteiger partial charge in [-0.15, -0.1) is 0 Å². The minimum absolute atomic E-state index is 0.476. The third-order valence-electron chi connectivity index (χ3n) is 2.26. The monoisotopic (exact) mass is 231 g/mol. The lowest BCUT2D eigenvalue weighted by Crippen LogP contribution is -1.98. The Bertz CT molecular complexity index is 496. The minimum Gasteiger partial charge on any atom is -0.260 e. The molecule has 0 aliphatic carbocycles. The Labute approximate surface area is 97.8 Å². The molecule has 1 unspecified atom stereocenters. The molecular weight excluding hydrogens is 218 g/mol. The van der Waals surface area contributed by atoms with E-state index in [2.05, 4.69) is 4.98 Å². The zero-order valence-electron chi connectivity index (χ0n) is 9.09. The Balaban J connectivity index is 2.15. The topological polar surface area (TPSA) is 30.0 Å². The van der Waals surface area contributed by atoms with Crippen molar-refractivity contribution in [2.75, 3.05) is 0 Å². The van der Waals surface area contributed by atoms with Crippen molar-refractivity contribution in [2.45, 2.75) is 17.6 Å². The predicted octanol–water partition coefficient (Wildman–Crippen LogP) is 2.70. The number of benzene rings is 1. The van der Waals surface area contributed by atoms with Crippen molar-refractivity contribution in [1.82, 2.24) is 4.98 Å². The summed E-state index contributed by atoms with van der Waals surface area (Å²) in [5.41, 5.74) is 1.99. The van der Waals surface area contributed by atoms with Crippen molar-refractivity contribution in [3.05, 3.63) is 59.9 Å². The first kappa shape index (κ1) is 11.0. The van der Waals surface area contributed by atoms with Gasteiger partial charge in [0, 0.05) is 11.1 Å². The highest BCUT2D eigenvalue weighted by atomic mass is 32.2. The van der Waals surface area contributed by atoms with Crippen molar-refractivity contribution >= 4 is 10.8 Å². The van der Waals surface area contributed by atoms with Crippen LogP contribution in [0.5, 0.6) is 0 Å². The van der Waals surface area contributed by atoms with E-state index in [1.165, 1.54) is 0 Å². The van der Waals surface area contributed by atoms with Crippen molar-refractivity contribution in [3.8, 4) is 0 Å². The van der Waals surface area contributed by atoms with E-state index < -0.39 is 10.8 Å². The number of aromatic nitrogens is 1. The molecule has 1 atom stereocenters. The molecule has 0 N–H and O–H groups in total. The van der Waals surface area contributed by atoms with Crippen LogP contribution >= 0.6 is 0 Å². The second kappa shape index (κ2) is 5.03. The van der Waals surface area contributed by atoms with Crippen molar-refractivity contribution < 1.29 is 4.21 Å². The molecule has 0 radical (unpaired) electrons. The van der Waals surface area contributed by atoms with Crippen LogP contribution in [0.2, 0.25) is 0 Å². The van der Waals surface area contributed by atoms with Gasteiger partial charge in [-0.1, -0.05) is 18.2 Å². The zero-order valence-corrected chi connectivity index (χ0v) is 9.91. The molecule has 2 rings (SSSR count). The largest absolute Gasteiger partial charge is 0.260 e. The SMILES string of the molecule is Cc1cccc(S(=O)Cc2ccccn2)c1. The van der Waals surface area contributed by atoms with E-state index in [0.717, 1.165) is 16.2 Å². The molecule has 82 valence electrons. The summed E-state index contributed by atoms with van der Waals surface area (Å²) in [5.74, 6) is 0.476. The molecule has 1 aromatic carbocycles. The molecule has 2 nitrogen and oxygen atoms in total. The van der Waals surface area contributed by atoms with Crippen LogP contribution in [-0.2, 0) is 16.6 Å². The number of hydrogen-bond acceptors (Lipinski definition) is 2. The Morgan fingerprint density at radius 3 is 2.75 bits per heavy atom. The van der Waals surface area contributed by atoms with Gasteiger partial charge in [-0.3, -0.25) is 9.19 Å². The third-order valence-corrected chi connectivity index (χ3v) is 3.60. The van der Waals surface area contributed by atoms with Gasteiger partial charge in [-0.25, -0.2) is 0 Å². The molecule has 16 heavy (non-hydrogen) atoms. The number of hydrogen-bond donors (Lipinski definition) is 0. The average Bonchev–Trinajstić information content (AvgIpc) is 2.30. The van der Waals surface area contributed by atoms with Gasteiger partial charge in [0.15, 0.2) is 0 Å². The summed E-state index contributed by atoms with van der Waals surface area (Å²) in [4.78, 5) is 5.04. The quantitative estimate of drug-likeness (QED) is 0.813. The van der Waals surface area contributed by atoms with Gasteiger partial charge in [0.25, 0.3) is 0 Å². The molecule has 3 heteroatoms. The van der Waals surface area contributed by atoms with Gasteiger partial charge in [0.05, 0.1) is 22.2 Å². The van der Waals surface area contributed by atoms with E-state index in [4.69, 9.17) is 0 Å². The summed E-state index contributed by atoms with van der Waals surface area (Å²) in [5, 5.41) is 0. The zero-order chi connectivity index (χ0) is 11.4. The van der Waals surface area contributed by atoms with Crippen LogP contribution in [0.3, 0.4) is 0 Å². The van der Waals surface area contributed by atoms with E-state index in [0.29, 0.717) is 5.75 Å². The third kappa shape index (κ3) is 2.76. The summed E-state index contributed by atoms with van der Waals surface area (Å²) in [6.45, 7) is 2.00. The second-order valence-corrected chi connectivity index (χ2v) is 5.08. The lowest BCUT2D eigenvalue weighted by Gasteiger charge is -2.02. The Morgan fingerprint density at radius 1 is 1.19 bits per heavy atom. The standard InChI is InChI=1S/C13H13NOS/c1-11-5-4-7-13(9-11)16(15)10-12-6-2-3-8-14-12/h2-9H,10H2,1H3. The van der Waals surface area contributed by atoms with E-state index >= 15 is 0 Å². The number of pyridine rings is 1. The first-order chi connectivity index (χ1) is 7.75. The fraction of sp³-hybridized carbons (Fsp3) is 0.154. The molecule has 0 aliphatic rings. The number of rotatable bonds is 3. The molecule has 1 heterocycles. The molecular formula is C13H13NOS. The minimum atomic E-state index is -1.01. The molecule has 0 saturated heterocycles. The van der Waals surface area contributed by atoms with Crippen LogP contribution in [0.1, 0.15) is 11.3 Å².